The number of amides is 5. The Morgan fingerprint density at radius 1 is 0.340 bits per heavy atom. The number of benzene rings is 5. The highest BCUT2D eigenvalue weighted by molar-refractivity contribution is 5.78. The lowest BCUT2D eigenvalue weighted by Crippen LogP contribution is -2.24. The molecule has 5 amide bonds. The first-order valence-corrected chi connectivity index (χ1v) is 35.0. The van der Waals surface area contributed by atoms with Crippen LogP contribution in [0.1, 0.15) is 216 Å². The predicted octanol–water partition coefficient (Wildman–Crippen LogP) is 11.1. The van der Waals surface area contributed by atoms with Gasteiger partial charge in [0.1, 0.15) is 11.5 Å². The van der Waals surface area contributed by atoms with Gasteiger partial charge in [-0.3, -0.25) is 38.4 Å². The summed E-state index contributed by atoms with van der Waals surface area (Å²) >= 11 is 0. The number of rotatable bonds is 30. The van der Waals surface area contributed by atoms with Crippen molar-refractivity contribution in [3.8, 4) is 11.5 Å². The van der Waals surface area contributed by atoms with E-state index in [1.165, 1.54) is 22.8 Å². The Kier molecular flexibility index (Phi) is 34.5. The molecule has 0 unspecified atom stereocenters. The largest absolute Gasteiger partial charge is 0.508 e. The lowest BCUT2D eigenvalue weighted by molar-refractivity contribution is -0.137. The number of hydrogen-bond donors (Lipinski definition) is 12. The first-order valence-electron chi connectivity index (χ1n) is 35.0. The summed E-state index contributed by atoms with van der Waals surface area (Å²) in [5.41, 5.74) is 13.5. The molecule has 0 radical (unpaired) electrons. The molecule has 20 nitrogen and oxygen atoms in total. The number of nitrogens with one attached hydrogen (secondary N) is 5. The highest BCUT2D eigenvalue weighted by Crippen LogP contribution is 2.52. The highest BCUT2D eigenvalue weighted by atomic mass is 16.4. The van der Waals surface area contributed by atoms with Crippen LogP contribution in [0.25, 0.3) is 0 Å². The minimum absolute atomic E-state index is 0. The van der Waals surface area contributed by atoms with Crippen molar-refractivity contribution in [2.75, 3.05) is 45.9 Å². The minimum Gasteiger partial charge on any atom is -0.508 e. The van der Waals surface area contributed by atoms with Gasteiger partial charge in [-0.2, -0.15) is 0 Å². The fourth-order valence-electron chi connectivity index (χ4n) is 13.2. The molecule has 5 aliphatic rings. The zero-order valence-electron chi connectivity index (χ0n) is 58.4. The van der Waals surface area contributed by atoms with E-state index in [0.717, 1.165) is 95.1 Å². The van der Waals surface area contributed by atoms with E-state index in [0.29, 0.717) is 124 Å². The van der Waals surface area contributed by atoms with E-state index >= 15 is 0 Å². The molecule has 10 rings (SSSR count). The van der Waals surface area contributed by atoms with E-state index in [2.05, 4.69) is 51.7 Å². The molecule has 20 heteroatoms. The van der Waals surface area contributed by atoms with Gasteiger partial charge in [-0.05, 0) is 204 Å². The quantitative estimate of drug-likeness (QED) is 0.0203. The van der Waals surface area contributed by atoms with Gasteiger partial charge in [0.25, 0.3) is 0 Å². The standard InChI is InChI=1S/2C16H21NO3.C16H23NO2.C15H19NO4.C15H21NO3.2CH4/c2*1-3-15(18)17-9-11-7-14(11)12-6-4-5-10(2)13(12)8-16(19)20;1-3-16(19)17-10-12-9-15(12)14-6-4-5-11(2)13(14)7-8-18;1-2-14(18)16-8-9-6-11(9)10-4-3-5-13(17)12(10)7-15(19)20;1-2-15(19)16-9-10-8-13(10)11-4-3-5-14(18)12(11)6-7-17;;/h2*4-6,11,14H,3,7-9H2,1-2H3,(H,17,18)(H,19,20);4-6,12,15,18H,3,7-10H2,1-2H3,(H,17,19);3-5,9,11,17H,2,6-8H2,1H3,(H,16,18)(H,19,20);3-5,10,13,17-18H,2,6-9H2,1H3,(H,16,19);2*1H4/t2*11-,14+;12-,15+;9-,11+;10-,13+;;/m00000../s1. The molecule has 5 aliphatic carbocycles. The molecule has 100 heavy (non-hydrogen) atoms. The molecule has 5 aromatic carbocycles. The minimum atomic E-state index is -0.954. The van der Waals surface area contributed by atoms with E-state index in [1.54, 1.807) is 19.1 Å². The van der Waals surface area contributed by atoms with Crippen molar-refractivity contribution in [2.24, 2.45) is 29.6 Å². The number of aryl methyl sites for hydroxylation is 3. The number of aliphatic hydroxyl groups is 2. The number of hydrogen-bond acceptors (Lipinski definition) is 12. The number of aromatic hydroxyl groups is 2. The maximum Gasteiger partial charge on any atom is 0.307 e. The fraction of sp³-hybridized carbons (Fsp3) is 0.525. The molecule has 0 bridgehead atoms. The Bertz CT molecular complexity index is 3240. The van der Waals surface area contributed by atoms with Crippen LogP contribution < -0.4 is 26.6 Å². The van der Waals surface area contributed by atoms with Gasteiger partial charge in [-0.15, -0.1) is 0 Å². The average molecular weight is 1380 g/mol. The molecule has 0 aromatic heterocycles. The van der Waals surface area contributed by atoms with Gasteiger partial charge in [0.15, 0.2) is 0 Å². The number of phenolic OH excluding ortho intramolecular Hbond substituents is 2. The molecule has 5 aromatic rings. The maximum atomic E-state index is 11.3. The second kappa shape index (κ2) is 41.2. The van der Waals surface area contributed by atoms with Crippen LogP contribution in [0.5, 0.6) is 11.5 Å². The lowest BCUT2D eigenvalue weighted by atomic mass is 9.95. The number of carbonyl (C=O) groups excluding carboxylic acids is 5. The number of carboxylic acids is 3. The summed E-state index contributed by atoms with van der Waals surface area (Å²) in [5.74, 6) is 2.34. The molecule has 5 saturated carbocycles. The molecular formula is C80H113N5O15. The second-order valence-corrected chi connectivity index (χ2v) is 26.6. The summed E-state index contributed by atoms with van der Waals surface area (Å²) in [6, 6.07) is 28.9. The molecule has 5 fully saturated rings. The van der Waals surface area contributed by atoms with Gasteiger partial charge in [-0.25, -0.2) is 0 Å². The van der Waals surface area contributed by atoms with E-state index in [1.807, 2.05) is 96.1 Å². The average Bonchev–Trinajstić information content (AvgIpc) is 1.66. The fourth-order valence-corrected chi connectivity index (χ4v) is 13.2. The Morgan fingerprint density at radius 3 is 0.830 bits per heavy atom. The Balaban J connectivity index is 0.000000264. The van der Waals surface area contributed by atoms with E-state index in [-0.39, 0.29) is 94.3 Å². The third-order valence-corrected chi connectivity index (χ3v) is 19.4. The van der Waals surface area contributed by atoms with Gasteiger partial charge < -0.3 is 62.3 Å². The number of phenols is 2. The van der Waals surface area contributed by atoms with Crippen LogP contribution >= 0.6 is 0 Å². The van der Waals surface area contributed by atoms with Crippen molar-refractivity contribution >= 4 is 47.4 Å². The Morgan fingerprint density at radius 2 is 0.560 bits per heavy atom. The molecule has 12 N–H and O–H groups in total. The number of aliphatic hydroxyl groups excluding tert-OH is 2. The van der Waals surface area contributed by atoms with Crippen LogP contribution in [0, 0.1) is 50.4 Å². The monoisotopic (exact) mass is 1380 g/mol. The highest BCUT2D eigenvalue weighted by Gasteiger charge is 2.43. The van der Waals surface area contributed by atoms with Crippen molar-refractivity contribution in [1.82, 2.24) is 26.6 Å². The summed E-state index contributed by atoms with van der Waals surface area (Å²) in [7, 11) is 0. The van der Waals surface area contributed by atoms with Crippen molar-refractivity contribution in [3.05, 3.63) is 163 Å². The Labute approximate surface area is 592 Å². The summed E-state index contributed by atoms with van der Waals surface area (Å²) in [6.07, 6.45) is 8.88. The topological polar surface area (TPSA) is 338 Å². The first kappa shape index (κ1) is 83.8. The summed E-state index contributed by atoms with van der Waals surface area (Å²) in [5, 5.41) is 79.5. The van der Waals surface area contributed by atoms with Gasteiger partial charge in [-0.1, -0.05) is 128 Å². The number of aliphatic carboxylic acids is 3. The predicted molar refractivity (Wildman–Crippen MR) is 390 cm³/mol. The number of carboxylic acid groups (broad SMARTS) is 3. The van der Waals surface area contributed by atoms with Gasteiger partial charge in [0.2, 0.25) is 29.5 Å². The Hall–Kier alpha value is -8.62. The SMILES string of the molecule is C.C.CCC(=O)NC[C@@H]1C[C@H]1c1cccc(C)c1CC(=O)O.CCC(=O)NC[C@@H]1C[C@H]1c1cccc(C)c1CC(=O)O.CCC(=O)NC[C@@H]1C[C@H]1c1cccc(C)c1CCO.CCC(=O)NC[C@@H]1C[C@H]1c1cccc(O)c1CC(=O)O.CCC(=O)NC[C@@H]1C[C@H]1c1cccc(O)c1CCO. The summed E-state index contributed by atoms with van der Waals surface area (Å²) < 4.78 is 0. The molecule has 0 heterocycles. The van der Waals surface area contributed by atoms with Crippen molar-refractivity contribution in [2.45, 2.75) is 196 Å². The zero-order chi connectivity index (χ0) is 71.8. The normalized spacial score (nSPS) is 20.3. The van der Waals surface area contributed by atoms with Crippen LogP contribution in [0.3, 0.4) is 0 Å². The second-order valence-electron chi connectivity index (χ2n) is 26.6. The molecular weight excluding hydrogens is 1270 g/mol. The zero-order valence-corrected chi connectivity index (χ0v) is 58.4. The van der Waals surface area contributed by atoms with Crippen LogP contribution in [0.2, 0.25) is 0 Å². The van der Waals surface area contributed by atoms with Gasteiger partial charge >= 0.3 is 17.9 Å². The summed E-state index contributed by atoms with van der Waals surface area (Å²) in [4.78, 5) is 89.1. The smallest absolute Gasteiger partial charge is 0.307 e. The third kappa shape index (κ3) is 25.8. The van der Waals surface area contributed by atoms with Crippen LogP contribution in [0.15, 0.2) is 91.0 Å². The molecule has 0 spiro atoms. The summed E-state index contributed by atoms with van der Waals surface area (Å²) in [6.45, 7) is 18.9. The lowest BCUT2D eigenvalue weighted by Gasteiger charge is -2.12. The van der Waals surface area contributed by atoms with Crippen LogP contribution in [-0.4, -0.2) is 129 Å². The van der Waals surface area contributed by atoms with Gasteiger partial charge in [0.05, 0.1) is 19.3 Å². The van der Waals surface area contributed by atoms with E-state index in [4.69, 9.17) is 20.4 Å². The molecule has 0 aliphatic heterocycles. The van der Waals surface area contributed by atoms with Gasteiger partial charge in [0, 0.05) is 83.6 Å². The number of carbonyl (C=O) groups is 8. The van der Waals surface area contributed by atoms with Crippen LogP contribution in [0.4, 0.5) is 0 Å². The van der Waals surface area contributed by atoms with Crippen molar-refractivity contribution < 1.29 is 74.1 Å². The maximum absolute atomic E-state index is 11.3. The van der Waals surface area contributed by atoms with Crippen molar-refractivity contribution in [3.63, 3.8) is 0 Å². The third-order valence-electron chi connectivity index (χ3n) is 19.4. The van der Waals surface area contributed by atoms with Crippen molar-refractivity contribution in [1.29, 1.82) is 0 Å². The van der Waals surface area contributed by atoms with E-state index < -0.39 is 17.9 Å². The van der Waals surface area contributed by atoms with Crippen LogP contribution in [-0.2, 0) is 70.5 Å². The molecule has 548 valence electrons. The van der Waals surface area contributed by atoms with E-state index in [9.17, 15) is 53.7 Å². The first-order chi connectivity index (χ1) is 46.9. The molecule has 10 atom stereocenters. The molecule has 0 saturated heterocycles.